The molecule has 0 aliphatic carbocycles. The first-order chi connectivity index (χ1) is 30.4. The summed E-state index contributed by atoms with van der Waals surface area (Å²) in [6.45, 7) is 4.65. The first kappa shape index (κ1) is 53.9. The van der Waals surface area contributed by atoms with Gasteiger partial charge < -0.3 is 59.1 Å². The third-order valence-electron chi connectivity index (χ3n) is 8.85. The van der Waals surface area contributed by atoms with E-state index in [9.17, 15) is 28.6 Å². The number of rotatable bonds is 35. The van der Waals surface area contributed by atoms with E-state index < -0.39 is 19.0 Å². The molecule has 18 heteroatoms. The third-order valence-corrected chi connectivity index (χ3v) is 9.40. The molecule has 17 nitrogen and oxygen atoms in total. The lowest BCUT2D eigenvalue weighted by molar-refractivity contribution is -0.188. The van der Waals surface area contributed by atoms with Gasteiger partial charge in [0.15, 0.2) is 7.60 Å². The van der Waals surface area contributed by atoms with Gasteiger partial charge in [-0.2, -0.15) is 0 Å². The van der Waals surface area contributed by atoms with E-state index in [4.69, 9.17) is 52.2 Å². The van der Waals surface area contributed by atoms with Crippen LogP contribution in [0.3, 0.4) is 0 Å². The molecule has 2 aromatic carbocycles. The first-order valence-corrected chi connectivity index (χ1v) is 22.5. The smallest absolute Gasteiger partial charge is 0.251 e. The fraction of sp³-hybridized carbons (Fsp3) is 0.511. The number of nitrogens with one attached hydrogen (secondary N) is 4. The minimum absolute atomic E-state index is 0.0432. The van der Waals surface area contributed by atoms with Gasteiger partial charge in [0.05, 0.1) is 59.5 Å². The van der Waals surface area contributed by atoms with Gasteiger partial charge in [-0.25, -0.2) is 0 Å². The molecule has 2 aromatic rings. The van der Waals surface area contributed by atoms with Gasteiger partial charge in [0.2, 0.25) is 17.7 Å². The van der Waals surface area contributed by atoms with Gasteiger partial charge in [0.25, 0.3) is 5.91 Å². The predicted octanol–water partition coefficient (Wildman–Crippen LogP) is 2.07. The van der Waals surface area contributed by atoms with Crippen molar-refractivity contribution < 1.29 is 61.6 Å². The molecule has 0 fully saturated rings. The van der Waals surface area contributed by atoms with Crippen LogP contribution in [0.4, 0.5) is 0 Å². The molecule has 4 N–H and O–H groups in total. The number of hydrogen-bond donors (Lipinski definition) is 4. The van der Waals surface area contributed by atoms with E-state index in [2.05, 4.69) is 39.0 Å². The van der Waals surface area contributed by atoms with Crippen LogP contribution in [0.1, 0.15) is 48.9 Å². The standard InChI is InChI=1S/C45H61N4O13P/c1-5-25-56-31-34-59-28-22-46-41(50)16-19-45(20-17-42(51)47-23-29-60-35-32-57-26-6-2,21-18-43(52)48-24-30-61-36-33-58-27-7-3)49-44(53)39-10-8-37(9-11-39)38-12-14-40(15-13-38)62-63(4,54)55/h1-3,8-15H,16-36H2,4H3,(H,46,50)(H,47,51)(H,48,52)(H,49,53)(H,54,55)/p-1. The molecular weight excluding hydrogens is 835 g/mol. The SMILES string of the molecule is C#CCOCCOCCNC(=O)CCC(CCC(=O)NCCOCCOCC#C)(CCC(=O)NCCOCCOCC#C)NC(=O)c1ccc(-c2ccc(OP(C)(=O)[O-])cc2)cc1. The Labute approximate surface area is 370 Å². The Balaban J connectivity index is 2.23. The Hall–Kier alpha value is -5.25. The summed E-state index contributed by atoms with van der Waals surface area (Å²) >= 11 is 0. The number of benzene rings is 2. The number of terminal acetylenes is 3. The van der Waals surface area contributed by atoms with Gasteiger partial charge >= 0.3 is 0 Å². The maximum absolute atomic E-state index is 14.0. The van der Waals surface area contributed by atoms with Gasteiger partial charge in [-0.3, -0.25) is 23.7 Å². The number of ether oxygens (including phenoxy) is 6. The predicted molar refractivity (Wildman–Crippen MR) is 234 cm³/mol. The molecule has 0 radical (unpaired) electrons. The molecule has 0 spiro atoms. The Morgan fingerprint density at radius 2 is 0.921 bits per heavy atom. The van der Waals surface area contributed by atoms with Crippen LogP contribution in [0, 0.1) is 37.0 Å². The van der Waals surface area contributed by atoms with Crippen LogP contribution in [-0.4, -0.2) is 135 Å². The van der Waals surface area contributed by atoms with E-state index in [1.807, 2.05) is 0 Å². The van der Waals surface area contributed by atoms with Gasteiger partial charge in [0, 0.05) is 56.7 Å². The average Bonchev–Trinajstić information content (AvgIpc) is 3.26. The summed E-state index contributed by atoms with van der Waals surface area (Å²) in [5.74, 6) is 5.83. The summed E-state index contributed by atoms with van der Waals surface area (Å²) in [5.41, 5.74) is 0.581. The van der Waals surface area contributed by atoms with E-state index in [1.165, 1.54) is 12.1 Å². The van der Waals surface area contributed by atoms with E-state index in [-0.39, 0.29) is 127 Å². The fourth-order valence-electron chi connectivity index (χ4n) is 5.75. The summed E-state index contributed by atoms with van der Waals surface area (Å²) in [6.07, 6.45) is 15.7. The molecule has 1 atom stereocenters. The normalized spacial score (nSPS) is 11.9. The molecule has 0 heterocycles. The van der Waals surface area contributed by atoms with Gasteiger partial charge in [0.1, 0.15) is 25.6 Å². The van der Waals surface area contributed by atoms with Crippen LogP contribution in [0.15, 0.2) is 48.5 Å². The van der Waals surface area contributed by atoms with Crippen molar-refractivity contribution in [2.24, 2.45) is 0 Å². The quantitative estimate of drug-likeness (QED) is 0.0443. The van der Waals surface area contributed by atoms with Crippen molar-refractivity contribution in [2.45, 2.75) is 44.1 Å². The highest BCUT2D eigenvalue weighted by molar-refractivity contribution is 7.50. The zero-order valence-electron chi connectivity index (χ0n) is 36.0. The fourth-order valence-corrected chi connectivity index (χ4v) is 6.26. The molecule has 0 aliphatic rings. The van der Waals surface area contributed by atoms with Gasteiger partial charge in [-0.15, -0.1) is 19.3 Å². The summed E-state index contributed by atoms with van der Waals surface area (Å²) in [7, 11) is -3.98. The molecule has 1 unspecified atom stereocenters. The number of carbonyl (C=O) groups excluding carboxylic acids is 4. The zero-order valence-corrected chi connectivity index (χ0v) is 36.8. The molecule has 0 saturated heterocycles. The summed E-state index contributed by atoms with van der Waals surface area (Å²) in [5, 5.41) is 11.5. The molecule has 0 bridgehead atoms. The van der Waals surface area contributed by atoms with Crippen molar-refractivity contribution in [3.63, 3.8) is 0 Å². The third kappa shape index (κ3) is 26.1. The van der Waals surface area contributed by atoms with Gasteiger partial charge in [-0.05, 0) is 54.7 Å². The number of amides is 4. The Morgan fingerprint density at radius 3 is 1.27 bits per heavy atom. The summed E-state index contributed by atoms with van der Waals surface area (Å²) in [4.78, 5) is 65.0. The first-order valence-electron chi connectivity index (χ1n) is 20.5. The Bertz CT molecular complexity index is 1720. The van der Waals surface area contributed by atoms with Crippen LogP contribution in [0.2, 0.25) is 0 Å². The monoisotopic (exact) mass is 895 g/mol. The van der Waals surface area contributed by atoms with Crippen molar-refractivity contribution in [1.82, 2.24) is 21.3 Å². The van der Waals surface area contributed by atoms with Crippen LogP contribution in [0.5, 0.6) is 5.75 Å². The largest absolute Gasteiger partial charge is 0.769 e. The van der Waals surface area contributed by atoms with Crippen molar-refractivity contribution in [1.29, 1.82) is 0 Å². The van der Waals surface area contributed by atoms with Gasteiger partial charge in [-0.1, -0.05) is 42.0 Å². The molecular formula is C45H60N4O13P-. The molecule has 0 aromatic heterocycles. The molecule has 4 amide bonds. The minimum atomic E-state index is -3.98. The average molecular weight is 896 g/mol. The number of hydrogen-bond acceptors (Lipinski definition) is 13. The second-order valence-electron chi connectivity index (χ2n) is 13.9. The Kier molecular flexibility index (Phi) is 27.7. The molecule has 63 heavy (non-hydrogen) atoms. The van der Waals surface area contributed by atoms with Crippen LogP contribution in [-0.2, 0) is 47.4 Å². The van der Waals surface area contributed by atoms with E-state index >= 15 is 0 Å². The van der Waals surface area contributed by atoms with E-state index in [0.29, 0.717) is 39.6 Å². The summed E-state index contributed by atoms with van der Waals surface area (Å²) < 4.78 is 48.5. The molecule has 0 aliphatic heterocycles. The zero-order chi connectivity index (χ0) is 46.0. The second kappa shape index (κ2) is 32.4. The highest BCUT2D eigenvalue weighted by Crippen LogP contribution is 2.34. The van der Waals surface area contributed by atoms with Crippen molar-refractivity contribution >= 4 is 31.2 Å². The minimum Gasteiger partial charge on any atom is -0.769 e. The maximum Gasteiger partial charge on any atom is 0.251 e. The lowest BCUT2D eigenvalue weighted by Crippen LogP contribution is -2.50. The number of carbonyl (C=O) groups is 4. The topological polar surface area (TPSA) is 221 Å². The van der Waals surface area contributed by atoms with Crippen molar-refractivity contribution in [3.05, 3.63) is 54.1 Å². The van der Waals surface area contributed by atoms with Crippen molar-refractivity contribution in [3.8, 4) is 53.9 Å². The lowest BCUT2D eigenvalue weighted by atomic mass is 9.82. The van der Waals surface area contributed by atoms with Crippen molar-refractivity contribution in [2.75, 3.05) is 106 Å². The van der Waals surface area contributed by atoms with E-state index in [0.717, 1.165) is 17.8 Å². The van der Waals surface area contributed by atoms with Crippen LogP contribution < -0.4 is 30.7 Å². The summed E-state index contributed by atoms with van der Waals surface area (Å²) in [6, 6.07) is 13.1. The molecule has 2 rings (SSSR count). The molecule has 0 saturated carbocycles. The molecule has 344 valence electrons. The maximum atomic E-state index is 14.0. The van der Waals surface area contributed by atoms with Crippen LogP contribution >= 0.6 is 7.60 Å². The highest BCUT2D eigenvalue weighted by Gasteiger charge is 2.34. The lowest BCUT2D eigenvalue weighted by Gasteiger charge is -2.35. The van der Waals surface area contributed by atoms with Crippen LogP contribution in [0.25, 0.3) is 11.1 Å². The highest BCUT2D eigenvalue weighted by atomic mass is 31.2. The Morgan fingerprint density at radius 1 is 0.571 bits per heavy atom. The second-order valence-corrected chi connectivity index (χ2v) is 15.6. The van der Waals surface area contributed by atoms with E-state index in [1.54, 1.807) is 36.4 Å².